The van der Waals surface area contributed by atoms with Crippen molar-refractivity contribution in [3.63, 3.8) is 0 Å². The quantitative estimate of drug-likeness (QED) is 0.360. The first kappa shape index (κ1) is 18.2. The number of benzene rings is 1. The molecule has 0 atom stereocenters. The fourth-order valence-corrected chi connectivity index (χ4v) is 2.30. The van der Waals surface area contributed by atoms with Crippen LogP contribution in [-0.2, 0) is 0 Å². The fourth-order valence-electron chi connectivity index (χ4n) is 2.14. The molecule has 5 nitrogen and oxygen atoms in total. The van der Waals surface area contributed by atoms with Crippen molar-refractivity contribution in [2.24, 2.45) is 4.99 Å². The Kier molecular flexibility index (Phi) is 7.03. The summed E-state index contributed by atoms with van der Waals surface area (Å²) < 4.78 is 5.21. The average molecular weight is 347 g/mol. The number of amidine groups is 1. The van der Waals surface area contributed by atoms with Crippen molar-refractivity contribution >= 4 is 23.1 Å². The molecular formula is C18H23ClN4O. The minimum Gasteiger partial charge on any atom is -0.497 e. The summed E-state index contributed by atoms with van der Waals surface area (Å²) in [5, 5.41) is 3.71. The zero-order chi connectivity index (χ0) is 17.4. The highest BCUT2D eigenvalue weighted by Crippen LogP contribution is 2.20. The fraction of sp³-hybridized carbons (Fsp3) is 0.333. The molecular weight excluding hydrogens is 324 g/mol. The van der Waals surface area contributed by atoms with Crippen LogP contribution in [0, 0.1) is 0 Å². The predicted molar refractivity (Wildman–Crippen MR) is 100 cm³/mol. The minimum absolute atomic E-state index is 0.423. The molecule has 0 amide bonds. The van der Waals surface area contributed by atoms with E-state index < -0.39 is 0 Å². The van der Waals surface area contributed by atoms with Crippen molar-refractivity contribution in [1.29, 1.82) is 0 Å². The summed E-state index contributed by atoms with van der Waals surface area (Å²) in [6.45, 7) is 1.72. The Bertz CT molecular complexity index is 671. The van der Waals surface area contributed by atoms with E-state index in [1.54, 1.807) is 13.3 Å². The monoisotopic (exact) mass is 346 g/mol. The van der Waals surface area contributed by atoms with Crippen LogP contribution in [0.1, 0.15) is 12.0 Å². The molecule has 0 unspecified atom stereocenters. The van der Waals surface area contributed by atoms with Crippen LogP contribution >= 0.6 is 11.6 Å². The molecule has 0 fully saturated rings. The molecule has 0 saturated heterocycles. The van der Waals surface area contributed by atoms with E-state index in [1.165, 1.54) is 0 Å². The van der Waals surface area contributed by atoms with E-state index in [4.69, 9.17) is 21.3 Å². The lowest BCUT2D eigenvalue weighted by molar-refractivity contribution is 0.403. The van der Waals surface area contributed by atoms with Gasteiger partial charge in [-0.05, 0) is 63.5 Å². The van der Waals surface area contributed by atoms with E-state index in [9.17, 15) is 0 Å². The Morgan fingerprint density at radius 1 is 1.25 bits per heavy atom. The van der Waals surface area contributed by atoms with Gasteiger partial charge in [0.05, 0.1) is 12.8 Å². The normalized spacial score (nSPS) is 11.6. The Morgan fingerprint density at radius 2 is 2.00 bits per heavy atom. The lowest BCUT2D eigenvalue weighted by Gasteiger charge is -2.13. The molecule has 24 heavy (non-hydrogen) atoms. The lowest BCUT2D eigenvalue weighted by atomic mass is 10.2. The van der Waals surface area contributed by atoms with Crippen molar-refractivity contribution in [3.05, 3.63) is 53.3 Å². The molecule has 2 aromatic rings. The summed E-state index contributed by atoms with van der Waals surface area (Å²) in [4.78, 5) is 11.0. The largest absolute Gasteiger partial charge is 0.497 e. The lowest BCUT2D eigenvalue weighted by Crippen LogP contribution is -2.17. The molecule has 0 aliphatic carbocycles. The van der Waals surface area contributed by atoms with Crippen molar-refractivity contribution in [1.82, 2.24) is 9.88 Å². The summed E-state index contributed by atoms with van der Waals surface area (Å²) >= 11 is 6.15. The van der Waals surface area contributed by atoms with Crippen LogP contribution < -0.4 is 10.1 Å². The first-order valence-corrected chi connectivity index (χ1v) is 8.19. The number of nitrogens with one attached hydrogen (secondary N) is 1. The summed E-state index contributed by atoms with van der Waals surface area (Å²) in [5.74, 6) is 1.58. The number of rotatable bonds is 7. The molecule has 1 N–H and O–H groups in total. The molecule has 128 valence electrons. The van der Waals surface area contributed by atoms with Crippen molar-refractivity contribution in [2.45, 2.75) is 6.42 Å². The van der Waals surface area contributed by atoms with Gasteiger partial charge in [0.25, 0.3) is 0 Å². The predicted octanol–water partition coefficient (Wildman–Crippen LogP) is 3.55. The minimum atomic E-state index is 0.423. The highest BCUT2D eigenvalue weighted by molar-refractivity contribution is 6.32. The first-order valence-electron chi connectivity index (χ1n) is 7.81. The molecule has 1 aromatic heterocycles. The van der Waals surface area contributed by atoms with E-state index in [0.29, 0.717) is 5.15 Å². The molecule has 1 aromatic carbocycles. The summed E-state index contributed by atoms with van der Waals surface area (Å²) in [5.41, 5.74) is 1.71. The third kappa shape index (κ3) is 5.51. The zero-order valence-corrected chi connectivity index (χ0v) is 15.0. The number of pyridine rings is 1. The molecule has 0 bridgehead atoms. The topological polar surface area (TPSA) is 49.8 Å². The number of ether oxygens (including phenoxy) is 1. The second kappa shape index (κ2) is 9.25. The summed E-state index contributed by atoms with van der Waals surface area (Å²) in [6.07, 6.45) is 2.64. The number of aromatic nitrogens is 1. The van der Waals surface area contributed by atoms with Gasteiger partial charge in [-0.3, -0.25) is 4.99 Å². The van der Waals surface area contributed by atoms with Crippen LogP contribution in [0.2, 0.25) is 5.15 Å². The summed E-state index contributed by atoms with van der Waals surface area (Å²) in [7, 11) is 5.77. The van der Waals surface area contributed by atoms with E-state index in [-0.39, 0.29) is 0 Å². The van der Waals surface area contributed by atoms with Crippen molar-refractivity contribution < 1.29 is 4.74 Å². The van der Waals surface area contributed by atoms with Crippen LogP contribution in [0.4, 0.5) is 5.69 Å². The summed E-state index contributed by atoms with van der Waals surface area (Å²) in [6, 6.07) is 11.5. The standard InChI is InChI=1S/C18H23ClN4O/c1-23(2)13-5-12-21-18(14-7-9-15(24-3)10-8-14)22-16-6-4-11-20-17(16)19/h4,6-11H,5,12-13H2,1-3H3,(H,21,22). The number of methoxy groups -OCH3 is 1. The number of aliphatic imine (C=N–C) groups is 1. The molecule has 0 radical (unpaired) electrons. The molecule has 0 spiro atoms. The number of nitrogens with zero attached hydrogens (tertiary/aromatic N) is 3. The number of hydrogen-bond donors (Lipinski definition) is 1. The van der Waals surface area contributed by atoms with Gasteiger partial charge in [-0.25, -0.2) is 4.98 Å². The average Bonchev–Trinajstić information content (AvgIpc) is 2.59. The molecule has 2 rings (SSSR count). The number of hydrogen-bond acceptors (Lipinski definition) is 4. The maximum absolute atomic E-state index is 6.15. The SMILES string of the molecule is COc1ccc(C(=NCCCN(C)C)Nc2cccnc2Cl)cc1. The highest BCUT2D eigenvalue weighted by atomic mass is 35.5. The number of anilines is 1. The van der Waals surface area contributed by atoms with Crippen LogP contribution in [0.3, 0.4) is 0 Å². The van der Waals surface area contributed by atoms with Crippen LogP contribution in [0.5, 0.6) is 5.75 Å². The Balaban J connectivity index is 2.19. The molecule has 6 heteroatoms. The van der Waals surface area contributed by atoms with Crippen LogP contribution in [0.25, 0.3) is 0 Å². The molecule has 1 heterocycles. The smallest absolute Gasteiger partial charge is 0.152 e. The van der Waals surface area contributed by atoms with Gasteiger partial charge in [-0.2, -0.15) is 0 Å². The molecule has 0 saturated carbocycles. The number of halogens is 1. The second-order valence-corrected chi connectivity index (χ2v) is 5.94. The maximum atomic E-state index is 6.15. The van der Waals surface area contributed by atoms with Gasteiger partial charge in [0.2, 0.25) is 0 Å². The third-order valence-electron chi connectivity index (χ3n) is 3.41. The van der Waals surface area contributed by atoms with Gasteiger partial charge in [-0.15, -0.1) is 0 Å². The third-order valence-corrected chi connectivity index (χ3v) is 3.71. The Morgan fingerprint density at radius 3 is 2.62 bits per heavy atom. The van der Waals surface area contributed by atoms with Gasteiger partial charge in [-0.1, -0.05) is 11.6 Å². The van der Waals surface area contributed by atoms with E-state index in [0.717, 1.165) is 42.3 Å². The maximum Gasteiger partial charge on any atom is 0.152 e. The zero-order valence-electron chi connectivity index (χ0n) is 14.3. The van der Waals surface area contributed by atoms with Gasteiger partial charge < -0.3 is 15.0 Å². The van der Waals surface area contributed by atoms with E-state index in [2.05, 4.69) is 29.3 Å². The van der Waals surface area contributed by atoms with Crippen molar-refractivity contribution in [3.8, 4) is 5.75 Å². The highest BCUT2D eigenvalue weighted by Gasteiger charge is 2.07. The van der Waals surface area contributed by atoms with Gasteiger partial charge in [0.15, 0.2) is 5.15 Å². The van der Waals surface area contributed by atoms with Crippen molar-refractivity contribution in [2.75, 3.05) is 39.6 Å². The van der Waals surface area contributed by atoms with E-state index in [1.807, 2.05) is 36.4 Å². The second-order valence-electron chi connectivity index (χ2n) is 5.58. The van der Waals surface area contributed by atoms with Gasteiger partial charge in [0, 0.05) is 18.3 Å². The van der Waals surface area contributed by atoms with Crippen LogP contribution in [-0.4, -0.2) is 50.0 Å². The first-order chi connectivity index (χ1) is 11.6. The molecule has 0 aliphatic heterocycles. The van der Waals surface area contributed by atoms with Crippen LogP contribution in [0.15, 0.2) is 47.6 Å². The van der Waals surface area contributed by atoms with Gasteiger partial charge >= 0.3 is 0 Å². The Hall–Kier alpha value is -2.11. The van der Waals surface area contributed by atoms with Gasteiger partial charge in [0.1, 0.15) is 11.6 Å². The van der Waals surface area contributed by atoms with E-state index >= 15 is 0 Å². The Labute approximate surface area is 148 Å². The molecule has 0 aliphatic rings.